The van der Waals surface area contributed by atoms with Crippen molar-refractivity contribution in [1.29, 1.82) is 0 Å². The molecule has 1 N–H and O–H groups in total. The molecule has 2 atom stereocenters. The number of rotatable bonds is 12. The summed E-state index contributed by atoms with van der Waals surface area (Å²) in [5.41, 5.74) is 0.214. The number of benzene rings is 3. The van der Waals surface area contributed by atoms with Gasteiger partial charge in [0.2, 0.25) is 11.8 Å². The topological polar surface area (TPSA) is 96.0 Å². The minimum atomic E-state index is -4.31. The number of nitrogens with one attached hydrogen (secondary N) is 1. The van der Waals surface area contributed by atoms with Crippen LogP contribution in [0, 0.1) is 5.82 Å². The average Bonchev–Trinajstić information content (AvgIpc) is 2.95. The van der Waals surface area contributed by atoms with Gasteiger partial charge in [0.1, 0.15) is 24.2 Å². The number of halogens is 2. The van der Waals surface area contributed by atoms with Gasteiger partial charge in [-0.2, -0.15) is 0 Å². The number of methoxy groups -OCH3 is 1. The summed E-state index contributed by atoms with van der Waals surface area (Å²) in [6.07, 6.45) is 0.664. The van der Waals surface area contributed by atoms with E-state index in [1.54, 1.807) is 24.3 Å². The summed E-state index contributed by atoms with van der Waals surface area (Å²) >= 11 is 6.22. The van der Waals surface area contributed by atoms with E-state index in [4.69, 9.17) is 16.3 Å². The van der Waals surface area contributed by atoms with Gasteiger partial charge in [-0.1, -0.05) is 54.9 Å². The predicted octanol–water partition coefficient (Wildman–Crippen LogP) is 5.02. The van der Waals surface area contributed by atoms with E-state index in [0.717, 1.165) is 4.31 Å². The predicted molar refractivity (Wildman–Crippen MR) is 153 cm³/mol. The van der Waals surface area contributed by atoms with Gasteiger partial charge in [0.05, 0.1) is 17.7 Å². The minimum Gasteiger partial charge on any atom is -0.495 e. The molecule has 11 heteroatoms. The monoisotopic (exact) mass is 589 g/mol. The Hall–Kier alpha value is -3.63. The molecule has 0 fully saturated rings. The van der Waals surface area contributed by atoms with E-state index >= 15 is 0 Å². The van der Waals surface area contributed by atoms with Crippen molar-refractivity contribution in [2.24, 2.45) is 0 Å². The lowest BCUT2D eigenvalue weighted by Crippen LogP contribution is -2.52. The number of anilines is 1. The van der Waals surface area contributed by atoms with Crippen LogP contribution in [-0.2, 0) is 26.2 Å². The van der Waals surface area contributed by atoms with Crippen LogP contribution in [0.15, 0.2) is 77.7 Å². The molecule has 0 heterocycles. The van der Waals surface area contributed by atoms with Gasteiger partial charge in [0.15, 0.2) is 0 Å². The Kier molecular flexibility index (Phi) is 10.5. The molecule has 3 rings (SSSR count). The number of ether oxygens (including phenoxy) is 1. The third-order valence-electron chi connectivity index (χ3n) is 6.49. The minimum absolute atomic E-state index is 0.0368. The molecule has 0 aliphatic heterocycles. The maximum absolute atomic E-state index is 14.6. The molecule has 2 amide bonds. The highest BCUT2D eigenvalue weighted by Gasteiger charge is 2.34. The standard InChI is InChI=1S/C29H33ClFN3O5S/c1-5-20(2)32-29(36)21(3)33(18-22-11-9-10-14-25(22)31)28(35)19-34(26-17-23(30)15-16-27(26)39-4)40(37,38)24-12-7-6-8-13-24/h6-17,20-21H,5,18-19H2,1-4H3,(H,32,36)/t20-,21-/m0/s1. The Morgan fingerprint density at radius 2 is 1.68 bits per heavy atom. The van der Waals surface area contributed by atoms with Crippen LogP contribution >= 0.6 is 11.6 Å². The van der Waals surface area contributed by atoms with Gasteiger partial charge in [-0.15, -0.1) is 0 Å². The highest BCUT2D eigenvalue weighted by atomic mass is 35.5. The van der Waals surface area contributed by atoms with Crippen molar-refractivity contribution in [2.75, 3.05) is 18.0 Å². The van der Waals surface area contributed by atoms with Crippen LogP contribution in [0.3, 0.4) is 0 Å². The molecule has 40 heavy (non-hydrogen) atoms. The third-order valence-corrected chi connectivity index (χ3v) is 8.50. The van der Waals surface area contributed by atoms with Crippen molar-refractivity contribution in [3.05, 3.63) is 89.2 Å². The van der Waals surface area contributed by atoms with E-state index in [-0.39, 0.29) is 39.5 Å². The van der Waals surface area contributed by atoms with E-state index in [1.807, 2.05) is 13.8 Å². The lowest BCUT2D eigenvalue weighted by molar-refractivity contribution is -0.139. The first kappa shape index (κ1) is 30.9. The smallest absolute Gasteiger partial charge is 0.264 e. The molecule has 3 aromatic carbocycles. The molecule has 0 unspecified atom stereocenters. The fourth-order valence-corrected chi connectivity index (χ4v) is 5.55. The zero-order valence-corrected chi connectivity index (χ0v) is 24.4. The molecule has 0 aliphatic carbocycles. The van der Waals surface area contributed by atoms with E-state index in [9.17, 15) is 22.4 Å². The summed E-state index contributed by atoms with van der Waals surface area (Å²) in [5.74, 6) is -1.56. The van der Waals surface area contributed by atoms with Crippen LogP contribution < -0.4 is 14.4 Å². The highest BCUT2D eigenvalue weighted by Crippen LogP contribution is 2.35. The SMILES string of the molecule is CC[C@H](C)NC(=O)[C@H](C)N(Cc1ccccc1F)C(=O)CN(c1cc(Cl)ccc1OC)S(=O)(=O)c1ccccc1. The number of hydrogen-bond donors (Lipinski definition) is 1. The van der Waals surface area contributed by atoms with Gasteiger partial charge in [-0.3, -0.25) is 13.9 Å². The molecule has 0 spiro atoms. The van der Waals surface area contributed by atoms with Crippen LogP contribution in [0.5, 0.6) is 5.75 Å². The number of nitrogens with zero attached hydrogens (tertiary/aromatic N) is 2. The summed E-state index contributed by atoms with van der Waals surface area (Å²) in [6.45, 7) is 4.29. The van der Waals surface area contributed by atoms with Gasteiger partial charge >= 0.3 is 0 Å². The number of carbonyl (C=O) groups is 2. The van der Waals surface area contributed by atoms with E-state index in [1.165, 1.54) is 67.5 Å². The van der Waals surface area contributed by atoms with E-state index in [2.05, 4.69) is 5.32 Å². The normalized spacial score (nSPS) is 12.8. The van der Waals surface area contributed by atoms with Crippen molar-refractivity contribution in [3.8, 4) is 5.75 Å². The Balaban J connectivity index is 2.09. The first-order valence-electron chi connectivity index (χ1n) is 12.7. The Morgan fingerprint density at radius 3 is 2.30 bits per heavy atom. The Labute approximate surface area is 239 Å². The summed E-state index contributed by atoms with van der Waals surface area (Å²) in [4.78, 5) is 28.1. The Morgan fingerprint density at radius 1 is 1.02 bits per heavy atom. The van der Waals surface area contributed by atoms with Crippen molar-refractivity contribution in [1.82, 2.24) is 10.2 Å². The molecular weight excluding hydrogens is 557 g/mol. The van der Waals surface area contributed by atoms with Gasteiger partial charge in [0.25, 0.3) is 10.0 Å². The molecule has 0 aliphatic rings. The molecular formula is C29H33ClFN3O5S. The molecule has 8 nitrogen and oxygen atoms in total. The van der Waals surface area contributed by atoms with Crippen molar-refractivity contribution in [3.63, 3.8) is 0 Å². The van der Waals surface area contributed by atoms with Crippen LogP contribution in [0.2, 0.25) is 5.02 Å². The van der Waals surface area contributed by atoms with Crippen molar-refractivity contribution in [2.45, 2.75) is 50.7 Å². The molecule has 3 aromatic rings. The number of carbonyl (C=O) groups excluding carboxylic acids is 2. The molecule has 0 aromatic heterocycles. The Bertz CT molecular complexity index is 1440. The second kappa shape index (κ2) is 13.6. The molecule has 0 bridgehead atoms. The lowest BCUT2D eigenvalue weighted by atomic mass is 10.1. The van der Waals surface area contributed by atoms with Crippen LogP contribution in [-0.4, -0.2) is 50.9 Å². The number of hydrogen-bond acceptors (Lipinski definition) is 5. The number of amides is 2. The average molecular weight is 590 g/mol. The summed E-state index contributed by atoms with van der Waals surface area (Å²) < 4.78 is 48.7. The summed E-state index contributed by atoms with van der Waals surface area (Å²) in [5, 5.41) is 3.06. The van der Waals surface area contributed by atoms with Crippen LogP contribution in [0.25, 0.3) is 0 Å². The van der Waals surface area contributed by atoms with Gasteiger partial charge in [-0.25, -0.2) is 12.8 Å². The molecule has 0 saturated carbocycles. The zero-order valence-electron chi connectivity index (χ0n) is 22.8. The van der Waals surface area contributed by atoms with E-state index < -0.39 is 40.2 Å². The second-order valence-electron chi connectivity index (χ2n) is 9.25. The first-order valence-corrected chi connectivity index (χ1v) is 14.6. The quantitative estimate of drug-likeness (QED) is 0.320. The fourth-order valence-electron chi connectivity index (χ4n) is 3.95. The number of sulfonamides is 1. The maximum Gasteiger partial charge on any atom is 0.264 e. The van der Waals surface area contributed by atoms with E-state index in [0.29, 0.717) is 6.42 Å². The largest absolute Gasteiger partial charge is 0.495 e. The van der Waals surface area contributed by atoms with Crippen molar-refractivity contribution < 1.29 is 27.1 Å². The van der Waals surface area contributed by atoms with Gasteiger partial charge in [0, 0.05) is 23.2 Å². The lowest BCUT2D eigenvalue weighted by Gasteiger charge is -2.33. The highest BCUT2D eigenvalue weighted by molar-refractivity contribution is 7.92. The summed E-state index contributed by atoms with van der Waals surface area (Å²) in [6, 6.07) is 16.7. The summed E-state index contributed by atoms with van der Waals surface area (Å²) in [7, 11) is -2.94. The second-order valence-corrected chi connectivity index (χ2v) is 11.5. The molecule has 214 valence electrons. The first-order chi connectivity index (χ1) is 19.0. The third kappa shape index (κ3) is 7.31. The molecule has 0 radical (unpaired) electrons. The van der Waals surface area contributed by atoms with Gasteiger partial charge in [-0.05, 0) is 56.7 Å². The fraction of sp³-hybridized carbons (Fsp3) is 0.310. The van der Waals surface area contributed by atoms with Crippen LogP contribution in [0.4, 0.5) is 10.1 Å². The van der Waals surface area contributed by atoms with Crippen molar-refractivity contribution >= 4 is 39.1 Å². The van der Waals surface area contributed by atoms with Crippen LogP contribution in [0.1, 0.15) is 32.8 Å². The molecule has 0 saturated heterocycles. The maximum atomic E-state index is 14.6. The zero-order chi connectivity index (χ0) is 29.4. The van der Waals surface area contributed by atoms with Gasteiger partial charge < -0.3 is 15.0 Å².